The number of hydrogen-bond acceptors (Lipinski definition) is 4. The zero-order valence-electron chi connectivity index (χ0n) is 9.44. The summed E-state index contributed by atoms with van der Waals surface area (Å²) in [7, 11) is 0. The Balaban J connectivity index is 2.13. The number of rotatable bonds is 7. The van der Waals surface area contributed by atoms with Gasteiger partial charge in [0, 0.05) is 0 Å². The maximum absolute atomic E-state index is 11.4. The van der Waals surface area contributed by atoms with Crippen molar-refractivity contribution in [2.24, 2.45) is 11.7 Å². The van der Waals surface area contributed by atoms with Gasteiger partial charge in [-0.1, -0.05) is 12.8 Å². The number of carbonyl (C=O) groups excluding carboxylic acids is 2. The van der Waals surface area contributed by atoms with Crippen molar-refractivity contribution in [2.45, 2.75) is 25.3 Å². The second-order valence-electron chi connectivity index (χ2n) is 4.17. The minimum atomic E-state index is -1.13. The van der Waals surface area contributed by atoms with Crippen molar-refractivity contribution in [1.29, 1.82) is 0 Å². The van der Waals surface area contributed by atoms with Crippen LogP contribution in [-0.2, 0) is 14.4 Å². The Morgan fingerprint density at radius 1 is 1.24 bits per heavy atom. The normalized spacial score (nSPS) is 16.1. The van der Waals surface area contributed by atoms with Gasteiger partial charge in [0.2, 0.25) is 11.8 Å². The minimum absolute atomic E-state index is 0.246. The number of amides is 2. The molecule has 0 heterocycles. The van der Waals surface area contributed by atoms with E-state index in [-0.39, 0.29) is 12.5 Å². The molecular formula is C10H17N3O4. The van der Waals surface area contributed by atoms with Gasteiger partial charge in [0.25, 0.3) is 0 Å². The second kappa shape index (κ2) is 6.19. The van der Waals surface area contributed by atoms with Gasteiger partial charge in [0.05, 0.1) is 12.6 Å². The van der Waals surface area contributed by atoms with E-state index < -0.39 is 24.5 Å². The molecule has 1 saturated carbocycles. The van der Waals surface area contributed by atoms with Crippen molar-refractivity contribution >= 4 is 17.8 Å². The Bertz CT molecular complexity index is 315. The van der Waals surface area contributed by atoms with Crippen LogP contribution >= 0.6 is 0 Å². The monoisotopic (exact) mass is 243 g/mol. The van der Waals surface area contributed by atoms with Crippen LogP contribution in [0.1, 0.15) is 19.3 Å². The van der Waals surface area contributed by atoms with Crippen molar-refractivity contribution in [3.63, 3.8) is 0 Å². The van der Waals surface area contributed by atoms with Crippen molar-refractivity contribution in [2.75, 3.05) is 13.1 Å². The topological polar surface area (TPSA) is 122 Å². The molecule has 0 aromatic rings. The Kier molecular flexibility index (Phi) is 4.89. The minimum Gasteiger partial charge on any atom is -0.480 e. The molecule has 0 spiro atoms. The second-order valence-corrected chi connectivity index (χ2v) is 4.17. The molecule has 2 amide bonds. The third-order valence-corrected chi connectivity index (χ3v) is 2.48. The smallest absolute Gasteiger partial charge is 0.322 e. The Labute approximate surface area is 98.7 Å². The largest absolute Gasteiger partial charge is 0.480 e. The average molecular weight is 243 g/mol. The lowest BCUT2D eigenvalue weighted by Gasteiger charge is -2.11. The summed E-state index contributed by atoms with van der Waals surface area (Å²) >= 11 is 0. The first kappa shape index (κ1) is 13.4. The molecule has 7 heteroatoms. The highest BCUT2D eigenvalue weighted by molar-refractivity contribution is 5.88. The first-order chi connectivity index (χ1) is 7.99. The molecule has 0 saturated heterocycles. The van der Waals surface area contributed by atoms with Crippen LogP contribution in [0.5, 0.6) is 0 Å². The molecule has 0 unspecified atom stereocenters. The van der Waals surface area contributed by atoms with Gasteiger partial charge in [0.1, 0.15) is 6.54 Å². The van der Waals surface area contributed by atoms with Gasteiger partial charge in [-0.25, -0.2) is 0 Å². The average Bonchev–Trinajstić information content (AvgIpc) is 3.06. The molecule has 0 aromatic carbocycles. The van der Waals surface area contributed by atoms with Crippen LogP contribution < -0.4 is 16.4 Å². The third-order valence-electron chi connectivity index (χ3n) is 2.48. The van der Waals surface area contributed by atoms with E-state index in [2.05, 4.69) is 10.6 Å². The molecule has 1 aliphatic carbocycles. The molecule has 17 heavy (non-hydrogen) atoms. The van der Waals surface area contributed by atoms with Gasteiger partial charge in [-0.05, 0) is 12.3 Å². The summed E-state index contributed by atoms with van der Waals surface area (Å²) in [5.74, 6) is -1.51. The summed E-state index contributed by atoms with van der Waals surface area (Å²) in [5, 5.41) is 12.8. The predicted molar refractivity (Wildman–Crippen MR) is 59.0 cm³/mol. The molecule has 1 aliphatic rings. The van der Waals surface area contributed by atoms with Crippen LogP contribution in [0, 0.1) is 5.92 Å². The molecule has 0 aliphatic heterocycles. The number of aliphatic carboxylic acids is 1. The van der Waals surface area contributed by atoms with Gasteiger partial charge in [-0.3, -0.25) is 14.4 Å². The van der Waals surface area contributed by atoms with E-state index in [9.17, 15) is 14.4 Å². The van der Waals surface area contributed by atoms with Crippen LogP contribution in [-0.4, -0.2) is 42.0 Å². The lowest BCUT2D eigenvalue weighted by Crippen LogP contribution is -2.45. The zero-order valence-corrected chi connectivity index (χ0v) is 9.44. The molecule has 0 bridgehead atoms. The number of nitrogens with two attached hydrogens (primary N) is 1. The molecule has 1 rings (SSSR count). The quantitative estimate of drug-likeness (QED) is 0.430. The summed E-state index contributed by atoms with van der Waals surface area (Å²) in [6.07, 6.45) is 2.86. The third kappa shape index (κ3) is 5.86. The standard InChI is InChI=1S/C10H17N3O4/c11-7(3-6-1-2-6)10(17)13-4-8(14)12-5-9(15)16/h6-7H,1-5,11H2,(H,12,14)(H,13,17)(H,15,16)/t7-/m0/s1. The van der Waals surface area contributed by atoms with Crippen LogP contribution in [0.4, 0.5) is 0 Å². The number of carboxylic acids is 1. The van der Waals surface area contributed by atoms with Crippen LogP contribution in [0.25, 0.3) is 0 Å². The summed E-state index contributed by atoms with van der Waals surface area (Å²) in [5.41, 5.74) is 5.63. The SMILES string of the molecule is N[C@@H](CC1CC1)C(=O)NCC(=O)NCC(=O)O. The molecule has 5 N–H and O–H groups in total. The fourth-order valence-electron chi connectivity index (χ4n) is 1.35. The first-order valence-electron chi connectivity index (χ1n) is 5.51. The van der Waals surface area contributed by atoms with Crippen molar-refractivity contribution in [1.82, 2.24) is 10.6 Å². The van der Waals surface area contributed by atoms with E-state index >= 15 is 0 Å². The molecule has 96 valence electrons. The van der Waals surface area contributed by atoms with Crippen LogP contribution in [0.15, 0.2) is 0 Å². The summed E-state index contributed by atoms with van der Waals surface area (Å²) < 4.78 is 0. The molecule has 1 atom stereocenters. The fourth-order valence-corrected chi connectivity index (χ4v) is 1.35. The van der Waals surface area contributed by atoms with Gasteiger partial charge in [-0.15, -0.1) is 0 Å². The van der Waals surface area contributed by atoms with Crippen molar-refractivity contribution in [3.05, 3.63) is 0 Å². The lowest BCUT2D eigenvalue weighted by atomic mass is 10.1. The van der Waals surface area contributed by atoms with Gasteiger partial charge in [0.15, 0.2) is 0 Å². The highest BCUT2D eigenvalue weighted by Crippen LogP contribution is 2.32. The molecule has 0 aromatic heterocycles. The highest BCUT2D eigenvalue weighted by atomic mass is 16.4. The van der Waals surface area contributed by atoms with E-state index in [1.54, 1.807) is 0 Å². The maximum atomic E-state index is 11.4. The number of carboxylic acid groups (broad SMARTS) is 1. The molecule has 0 radical (unpaired) electrons. The fraction of sp³-hybridized carbons (Fsp3) is 0.700. The summed E-state index contributed by atoms with van der Waals surface area (Å²) in [6.45, 7) is -0.701. The lowest BCUT2D eigenvalue weighted by molar-refractivity contribution is -0.137. The van der Waals surface area contributed by atoms with Crippen molar-refractivity contribution < 1.29 is 19.5 Å². The van der Waals surface area contributed by atoms with E-state index in [1.807, 2.05) is 0 Å². The van der Waals surface area contributed by atoms with Gasteiger partial charge in [-0.2, -0.15) is 0 Å². The molecule has 7 nitrogen and oxygen atoms in total. The zero-order chi connectivity index (χ0) is 12.8. The number of nitrogens with one attached hydrogen (secondary N) is 2. The molecular weight excluding hydrogens is 226 g/mol. The van der Waals surface area contributed by atoms with E-state index in [0.29, 0.717) is 12.3 Å². The Morgan fingerprint density at radius 2 is 1.88 bits per heavy atom. The van der Waals surface area contributed by atoms with Crippen LogP contribution in [0.2, 0.25) is 0 Å². The van der Waals surface area contributed by atoms with Gasteiger partial charge < -0.3 is 21.5 Å². The van der Waals surface area contributed by atoms with E-state index in [1.165, 1.54) is 0 Å². The van der Waals surface area contributed by atoms with Gasteiger partial charge >= 0.3 is 5.97 Å². The van der Waals surface area contributed by atoms with Crippen LogP contribution in [0.3, 0.4) is 0 Å². The van der Waals surface area contributed by atoms with E-state index in [0.717, 1.165) is 12.8 Å². The Morgan fingerprint density at radius 3 is 2.41 bits per heavy atom. The first-order valence-corrected chi connectivity index (χ1v) is 5.51. The maximum Gasteiger partial charge on any atom is 0.322 e. The highest BCUT2D eigenvalue weighted by Gasteiger charge is 2.27. The summed E-state index contributed by atoms with van der Waals surface area (Å²) in [6, 6.07) is -0.588. The summed E-state index contributed by atoms with van der Waals surface area (Å²) in [4.78, 5) is 32.7. The van der Waals surface area contributed by atoms with E-state index in [4.69, 9.17) is 10.8 Å². The number of carbonyl (C=O) groups is 3. The number of hydrogen-bond donors (Lipinski definition) is 4. The van der Waals surface area contributed by atoms with Crippen molar-refractivity contribution in [3.8, 4) is 0 Å². The predicted octanol–water partition coefficient (Wildman–Crippen LogP) is -1.57. The molecule has 1 fully saturated rings. The Hall–Kier alpha value is -1.63.